The fourth-order valence-electron chi connectivity index (χ4n) is 3.88. The standard InChI is InChI=1S/C21H18N4O3/c26-20-13-17(19-8-9-22-25(19)14-4-2-1-3-5-14)16-7-6-15(12-18(16)23-20)24-10-11-28-21(24)27/h1-9,12,17H,10-11,13H2,(H,23,26)/t17-/m0/s1. The second-order valence-electron chi connectivity index (χ2n) is 6.85. The number of amides is 2. The molecular formula is C21H18N4O3. The average Bonchev–Trinajstić information content (AvgIpc) is 3.36. The van der Waals surface area contributed by atoms with Gasteiger partial charge in [-0.1, -0.05) is 24.3 Å². The topological polar surface area (TPSA) is 76.5 Å². The minimum absolute atomic E-state index is 0.0561. The highest BCUT2D eigenvalue weighted by Gasteiger charge is 2.31. The Morgan fingerprint density at radius 1 is 1.04 bits per heavy atom. The molecule has 2 amide bonds. The van der Waals surface area contributed by atoms with Crippen LogP contribution >= 0.6 is 0 Å². The maximum atomic E-state index is 12.4. The van der Waals surface area contributed by atoms with E-state index in [1.165, 1.54) is 0 Å². The van der Waals surface area contributed by atoms with Crippen molar-refractivity contribution in [2.24, 2.45) is 0 Å². The van der Waals surface area contributed by atoms with Gasteiger partial charge in [0.2, 0.25) is 5.91 Å². The van der Waals surface area contributed by atoms with Crippen LogP contribution in [-0.2, 0) is 9.53 Å². The quantitative estimate of drug-likeness (QED) is 0.763. The molecule has 2 aliphatic heterocycles. The number of fused-ring (bicyclic) bond motifs is 1. The number of nitrogens with zero attached hydrogens (tertiary/aromatic N) is 3. The average molecular weight is 374 g/mol. The molecule has 0 saturated carbocycles. The summed E-state index contributed by atoms with van der Waals surface area (Å²) in [7, 11) is 0. The third-order valence-electron chi connectivity index (χ3n) is 5.18. The van der Waals surface area contributed by atoms with Crippen molar-refractivity contribution in [3.63, 3.8) is 0 Å². The van der Waals surface area contributed by atoms with Crippen molar-refractivity contribution in [1.82, 2.24) is 9.78 Å². The van der Waals surface area contributed by atoms with Crippen LogP contribution in [0.3, 0.4) is 0 Å². The summed E-state index contributed by atoms with van der Waals surface area (Å²) in [4.78, 5) is 25.9. The lowest BCUT2D eigenvalue weighted by Crippen LogP contribution is -2.27. The van der Waals surface area contributed by atoms with Gasteiger partial charge in [0.1, 0.15) is 6.61 Å². The highest BCUT2D eigenvalue weighted by molar-refractivity contribution is 5.97. The number of carbonyl (C=O) groups is 2. The Kier molecular flexibility index (Phi) is 3.86. The molecule has 1 fully saturated rings. The fourth-order valence-corrected chi connectivity index (χ4v) is 3.88. The summed E-state index contributed by atoms with van der Waals surface area (Å²) in [6.45, 7) is 0.886. The zero-order chi connectivity index (χ0) is 19.1. The minimum atomic E-state index is -0.360. The predicted molar refractivity (Wildman–Crippen MR) is 104 cm³/mol. The van der Waals surface area contributed by atoms with Crippen molar-refractivity contribution < 1.29 is 14.3 Å². The number of benzene rings is 2. The van der Waals surface area contributed by atoms with Crippen LogP contribution in [-0.4, -0.2) is 34.9 Å². The second kappa shape index (κ2) is 6.53. The van der Waals surface area contributed by atoms with Crippen molar-refractivity contribution in [2.45, 2.75) is 12.3 Å². The number of para-hydroxylation sites is 1. The number of nitrogens with one attached hydrogen (secondary N) is 1. The maximum Gasteiger partial charge on any atom is 0.414 e. The smallest absolute Gasteiger partial charge is 0.414 e. The van der Waals surface area contributed by atoms with Crippen LogP contribution in [0.15, 0.2) is 60.8 Å². The van der Waals surface area contributed by atoms with E-state index >= 15 is 0 Å². The Morgan fingerprint density at radius 2 is 1.89 bits per heavy atom. The van der Waals surface area contributed by atoms with Gasteiger partial charge < -0.3 is 10.1 Å². The summed E-state index contributed by atoms with van der Waals surface area (Å²) in [6, 6.07) is 17.5. The molecule has 2 aliphatic rings. The van der Waals surface area contributed by atoms with E-state index in [0.717, 1.165) is 28.3 Å². The molecule has 1 saturated heterocycles. The molecule has 7 nitrogen and oxygen atoms in total. The zero-order valence-corrected chi connectivity index (χ0v) is 15.0. The molecule has 28 heavy (non-hydrogen) atoms. The highest BCUT2D eigenvalue weighted by Crippen LogP contribution is 2.39. The van der Waals surface area contributed by atoms with Crippen LogP contribution in [0, 0.1) is 0 Å². The van der Waals surface area contributed by atoms with Gasteiger partial charge in [-0.2, -0.15) is 5.10 Å². The van der Waals surface area contributed by atoms with Crippen LogP contribution in [0.2, 0.25) is 0 Å². The van der Waals surface area contributed by atoms with Gasteiger partial charge in [-0.15, -0.1) is 0 Å². The van der Waals surface area contributed by atoms with Crippen LogP contribution in [0.4, 0.5) is 16.2 Å². The van der Waals surface area contributed by atoms with Crippen LogP contribution in [0.1, 0.15) is 23.6 Å². The normalized spacial score (nSPS) is 18.6. The maximum absolute atomic E-state index is 12.4. The summed E-state index contributed by atoms with van der Waals surface area (Å²) in [5, 5.41) is 7.41. The lowest BCUT2D eigenvalue weighted by atomic mass is 9.87. The van der Waals surface area contributed by atoms with E-state index in [4.69, 9.17) is 4.74 Å². The van der Waals surface area contributed by atoms with E-state index in [2.05, 4.69) is 10.4 Å². The van der Waals surface area contributed by atoms with Gasteiger partial charge in [0, 0.05) is 29.9 Å². The number of ether oxygens (including phenoxy) is 1. The molecule has 0 unspecified atom stereocenters. The number of hydrogen-bond acceptors (Lipinski definition) is 4. The predicted octanol–water partition coefficient (Wildman–Crippen LogP) is 3.30. The molecule has 140 valence electrons. The first kappa shape index (κ1) is 16.6. The summed E-state index contributed by atoms with van der Waals surface area (Å²) in [5.74, 6) is -0.175. The van der Waals surface area contributed by atoms with Crippen molar-refractivity contribution >= 4 is 23.4 Å². The lowest BCUT2D eigenvalue weighted by Gasteiger charge is -2.27. The molecule has 1 aromatic heterocycles. The van der Waals surface area contributed by atoms with Gasteiger partial charge in [-0.25, -0.2) is 9.48 Å². The Bertz CT molecular complexity index is 1060. The second-order valence-corrected chi connectivity index (χ2v) is 6.85. The summed E-state index contributed by atoms with van der Waals surface area (Å²) in [6.07, 6.45) is 1.74. The van der Waals surface area contributed by atoms with Crippen LogP contribution in [0.5, 0.6) is 0 Å². The highest BCUT2D eigenvalue weighted by atomic mass is 16.6. The van der Waals surface area contributed by atoms with Crippen molar-refractivity contribution in [1.29, 1.82) is 0 Å². The number of anilines is 2. The van der Waals surface area contributed by atoms with Gasteiger partial charge in [0.05, 0.1) is 17.9 Å². The molecule has 1 atom stereocenters. The van der Waals surface area contributed by atoms with Gasteiger partial charge in [0.15, 0.2) is 0 Å². The van der Waals surface area contributed by atoms with E-state index in [1.54, 1.807) is 11.1 Å². The molecule has 0 radical (unpaired) electrons. The number of cyclic esters (lactones) is 1. The summed E-state index contributed by atoms with van der Waals surface area (Å²) >= 11 is 0. The minimum Gasteiger partial charge on any atom is -0.447 e. The number of rotatable bonds is 3. The Labute approximate surface area is 161 Å². The molecule has 1 N–H and O–H groups in total. The molecular weight excluding hydrogens is 356 g/mol. The Morgan fingerprint density at radius 3 is 2.68 bits per heavy atom. The first-order valence-electron chi connectivity index (χ1n) is 9.18. The molecule has 3 aromatic rings. The lowest BCUT2D eigenvalue weighted by molar-refractivity contribution is -0.116. The van der Waals surface area contributed by atoms with E-state index in [-0.39, 0.29) is 17.9 Å². The summed E-state index contributed by atoms with van der Waals surface area (Å²) in [5.41, 5.74) is 4.36. The van der Waals surface area contributed by atoms with Crippen LogP contribution in [0.25, 0.3) is 5.69 Å². The largest absolute Gasteiger partial charge is 0.447 e. The van der Waals surface area contributed by atoms with E-state index in [1.807, 2.05) is 59.3 Å². The summed E-state index contributed by atoms with van der Waals surface area (Å²) < 4.78 is 6.89. The van der Waals surface area contributed by atoms with Gasteiger partial charge >= 0.3 is 6.09 Å². The SMILES string of the molecule is O=C1C[C@H](c2ccnn2-c2ccccc2)c2ccc(N3CCOC3=O)cc2N1. The van der Waals surface area contributed by atoms with Crippen LogP contribution < -0.4 is 10.2 Å². The Balaban J connectivity index is 1.56. The number of carbonyl (C=O) groups excluding carboxylic acids is 2. The van der Waals surface area contributed by atoms with Crippen molar-refractivity contribution in [2.75, 3.05) is 23.4 Å². The van der Waals surface area contributed by atoms with E-state index in [9.17, 15) is 9.59 Å². The molecule has 0 bridgehead atoms. The zero-order valence-electron chi connectivity index (χ0n) is 15.0. The first-order valence-corrected chi connectivity index (χ1v) is 9.18. The molecule has 0 spiro atoms. The third-order valence-corrected chi connectivity index (χ3v) is 5.18. The molecule has 3 heterocycles. The van der Waals surface area contributed by atoms with Gasteiger partial charge in [0.25, 0.3) is 0 Å². The van der Waals surface area contributed by atoms with Crippen molar-refractivity contribution in [3.05, 3.63) is 72.1 Å². The monoisotopic (exact) mass is 374 g/mol. The number of aromatic nitrogens is 2. The van der Waals surface area contributed by atoms with E-state index in [0.29, 0.717) is 19.6 Å². The third kappa shape index (κ3) is 2.72. The van der Waals surface area contributed by atoms with E-state index < -0.39 is 0 Å². The van der Waals surface area contributed by atoms with Gasteiger partial charge in [-0.05, 0) is 35.9 Å². The molecule has 5 rings (SSSR count). The Hall–Kier alpha value is -3.61. The van der Waals surface area contributed by atoms with Crippen molar-refractivity contribution in [3.8, 4) is 5.69 Å². The van der Waals surface area contributed by atoms with Gasteiger partial charge in [-0.3, -0.25) is 9.69 Å². The molecule has 7 heteroatoms. The first-order chi connectivity index (χ1) is 13.7. The fraction of sp³-hybridized carbons (Fsp3) is 0.190. The molecule has 2 aromatic carbocycles. The number of hydrogen-bond donors (Lipinski definition) is 1. The molecule has 0 aliphatic carbocycles.